The van der Waals surface area contributed by atoms with Crippen molar-refractivity contribution in [2.45, 2.75) is 19.4 Å². The van der Waals surface area contributed by atoms with E-state index in [1.165, 1.54) is 0 Å². The standard InChI is InChI=1S/C11H17N3O3S/c1-2-17-11-9(12)3-4-10(14-11)13-8-5-6-18(15,16)7-8/h3-4,8H,2,5-7,12H2,1H3,(H,13,14). The van der Waals surface area contributed by atoms with Crippen molar-refractivity contribution in [3.8, 4) is 5.88 Å². The lowest BCUT2D eigenvalue weighted by molar-refractivity contribution is 0.329. The van der Waals surface area contributed by atoms with E-state index in [1.807, 2.05) is 6.92 Å². The molecule has 0 aromatic carbocycles. The van der Waals surface area contributed by atoms with E-state index in [2.05, 4.69) is 10.3 Å². The van der Waals surface area contributed by atoms with Crippen molar-refractivity contribution < 1.29 is 13.2 Å². The van der Waals surface area contributed by atoms with Gasteiger partial charge in [0.15, 0.2) is 9.84 Å². The van der Waals surface area contributed by atoms with Gasteiger partial charge >= 0.3 is 0 Å². The highest BCUT2D eigenvalue weighted by molar-refractivity contribution is 7.91. The maximum atomic E-state index is 11.3. The molecule has 7 heteroatoms. The van der Waals surface area contributed by atoms with Gasteiger partial charge in [-0.1, -0.05) is 0 Å². The van der Waals surface area contributed by atoms with Gasteiger partial charge in [0.1, 0.15) is 5.82 Å². The van der Waals surface area contributed by atoms with E-state index in [-0.39, 0.29) is 17.5 Å². The highest BCUT2D eigenvalue weighted by atomic mass is 32.2. The lowest BCUT2D eigenvalue weighted by atomic mass is 10.2. The Kier molecular flexibility index (Phi) is 3.60. The Morgan fingerprint density at radius 3 is 2.94 bits per heavy atom. The summed E-state index contributed by atoms with van der Waals surface area (Å²) in [7, 11) is -2.89. The van der Waals surface area contributed by atoms with Crippen LogP contribution >= 0.6 is 0 Å². The number of hydrogen-bond acceptors (Lipinski definition) is 6. The Bertz CT molecular complexity index is 530. The van der Waals surface area contributed by atoms with E-state index in [1.54, 1.807) is 12.1 Å². The van der Waals surface area contributed by atoms with E-state index in [0.717, 1.165) is 0 Å². The Labute approximate surface area is 106 Å². The second-order valence-electron chi connectivity index (χ2n) is 4.27. The molecule has 1 aliphatic rings. The third kappa shape index (κ3) is 3.04. The molecule has 0 bridgehead atoms. The molecular weight excluding hydrogens is 254 g/mol. The van der Waals surface area contributed by atoms with Crippen molar-refractivity contribution in [1.29, 1.82) is 0 Å². The molecular formula is C11H17N3O3S. The van der Waals surface area contributed by atoms with Gasteiger partial charge in [-0.25, -0.2) is 8.42 Å². The van der Waals surface area contributed by atoms with E-state index in [0.29, 0.717) is 30.4 Å². The van der Waals surface area contributed by atoms with Gasteiger partial charge in [0.25, 0.3) is 0 Å². The van der Waals surface area contributed by atoms with Crippen molar-refractivity contribution in [2.24, 2.45) is 0 Å². The third-order valence-corrected chi connectivity index (χ3v) is 4.52. The van der Waals surface area contributed by atoms with E-state index < -0.39 is 9.84 Å². The Morgan fingerprint density at radius 2 is 2.33 bits per heavy atom. The molecule has 0 radical (unpaired) electrons. The lowest BCUT2D eigenvalue weighted by Crippen LogP contribution is -2.21. The van der Waals surface area contributed by atoms with Crippen molar-refractivity contribution in [1.82, 2.24) is 4.98 Å². The molecule has 6 nitrogen and oxygen atoms in total. The number of pyridine rings is 1. The minimum atomic E-state index is -2.89. The SMILES string of the molecule is CCOc1nc(NC2CCS(=O)(=O)C2)ccc1N. The van der Waals surface area contributed by atoms with Crippen LogP contribution in [0.15, 0.2) is 12.1 Å². The van der Waals surface area contributed by atoms with Crippen molar-refractivity contribution in [3.63, 3.8) is 0 Å². The molecule has 0 amide bonds. The normalized spacial score (nSPS) is 21.7. The fourth-order valence-corrected chi connectivity index (χ4v) is 3.58. The summed E-state index contributed by atoms with van der Waals surface area (Å²) in [6.07, 6.45) is 0.609. The van der Waals surface area contributed by atoms with Crippen LogP contribution in [0.1, 0.15) is 13.3 Å². The monoisotopic (exact) mass is 271 g/mol. The number of nitrogen functional groups attached to an aromatic ring is 1. The zero-order valence-electron chi connectivity index (χ0n) is 10.2. The molecule has 1 aromatic heterocycles. The number of rotatable bonds is 4. The van der Waals surface area contributed by atoms with Gasteiger partial charge in [-0.05, 0) is 25.5 Å². The molecule has 0 saturated carbocycles. The van der Waals surface area contributed by atoms with Gasteiger partial charge in [-0.15, -0.1) is 0 Å². The second kappa shape index (κ2) is 5.01. The average Bonchev–Trinajstić information content (AvgIpc) is 2.63. The fourth-order valence-electron chi connectivity index (χ4n) is 1.90. The minimum absolute atomic E-state index is 0.0828. The molecule has 1 aliphatic heterocycles. The molecule has 0 spiro atoms. The molecule has 18 heavy (non-hydrogen) atoms. The average molecular weight is 271 g/mol. The lowest BCUT2D eigenvalue weighted by Gasteiger charge is -2.13. The predicted octanol–water partition coefficient (Wildman–Crippen LogP) is 0.661. The first-order chi connectivity index (χ1) is 8.50. The Hall–Kier alpha value is -1.50. The molecule has 100 valence electrons. The molecule has 3 N–H and O–H groups in total. The quantitative estimate of drug-likeness (QED) is 0.835. The largest absolute Gasteiger partial charge is 0.476 e. The zero-order chi connectivity index (χ0) is 13.2. The number of ether oxygens (including phenoxy) is 1. The number of nitrogens with one attached hydrogen (secondary N) is 1. The van der Waals surface area contributed by atoms with Crippen LogP contribution < -0.4 is 15.8 Å². The topological polar surface area (TPSA) is 94.3 Å². The number of hydrogen-bond donors (Lipinski definition) is 2. The second-order valence-corrected chi connectivity index (χ2v) is 6.50. The van der Waals surface area contributed by atoms with Crippen LogP contribution in [-0.4, -0.2) is 37.6 Å². The molecule has 2 rings (SSSR count). The van der Waals surface area contributed by atoms with Gasteiger partial charge in [0, 0.05) is 6.04 Å². The molecule has 0 aliphatic carbocycles. The summed E-state index contributed by atoms with van der Waals surface area (Å²) in [5.74, 6) is 1.36. The smallest absolute Gasteiger partial charge is 0.239 e. The van der Waals surface area contributed by atoms with Crippen LogP contribution in [0.5, 0.6) is 5.88 Å². The summed E-state index contributed by atoms with van der Waals surface area (Å²) >= 11 is 0. The van der Waals surface area contributed by atoms with Gasteiger partial charge in [-0.3, -0.25) is 0 Å². The Balaban J connectivity index is 2.08. The van der Waals surface area contributed by atoms with Gasteiger partial charge in [-0.2, -0.15) is 4.98 Å². The van der Waals surface area contributed by atoms with Crippen LogP contribution in [0.2, 0.25) is 0 Å². The first kappa shape index (κ1) is 12.9. The fraction of sp³-hybridized carbons (Fsp3) is 0.545. The first-order valence-electron chi connectivity index (χ1n) is 5.86. The molecule has 1 aromatic rings. The van der Waals surface area contributed by atoms with Crippen LogP contribution in [0.3, 0.4) is 0 Å². The minimum Gasteiger partial charge on any atom is -0.476 e. The number of anilines is 2. The summed E-state index contributed by atoms with van der Waals surface area (Å²) < 4.78 is 28.0. The van der Waals surface area contributed by atoms with Crippen LogP contribution in [-0.2, 0) is 9.84 Å². The molecule has 2 heterocycles. The van der Waals surface area contributed by atoms with Crippen LogP contribution in [0.25, 0.3) is 0 Å². The van der Waals surface area contributed by atoms with Crippen LogP contribution in [0.4, 0.5) is 11.5 Å². The number of sulfone groups is 1. The summed E-state index contributed by atoms with van der Waals surface area (Å²) in [5.41, 5.74) is 6.19. The van der Waals surface area contributed by atoms with E-state index in [4.69, 9.17) is 10.5 Å². The van der Waals surface area contributed by atoms with Crippen molar-refractivity contribution >= 4 is 21.3 Å². The van der Waals surface area contributed by atoms with Crippen LogP contribution in [0, 0.1) is 0 Å². The first-order valence-corrected chi connectivity index (χ1v) is 7.68. The summed E-state index contributed by atoms with van der Waals surface area (Å²) in [6.45, 7) is 2.34. The summed E-state index contributed by atoms with van der Waals surface area (Å²) in [6, 6.07) is 3.34. The van der Waals surface area contributed by atoms with Gasteiger partial charge < -0.3 is 15.8 Å². The zero-order valence-corrected chi connectivity index (χ0v) is 11.0. The molecule has 1 atom stereocenters. The Morgan fingerprint density at radius 1 is 1.56 bits per heavy atom. The molecule has 1 unspecified atom stereocenters. The van der Waals surface area contributed by atoms with Crippen molar-refractivity contribution in [2.75, 3.05) is 29.2 Å². The highest BCUT2D eigenvalue weighted by Crippen LogP contribution is 2.23. The highest BCUT2D eigenvalue weighted by Gasteiger charge is 2.27. The number of nitrogens with two attached hydrogens (primary N) is 1. The maximum absolute atomic E-state index is 11.3. The van der Waals surface area contributed by atoms with Gasteiger partial charge in [0.05, 0.1) is 23.8 Å². The number of nitrogens with zero attached hydrogens (tertiary/aromatic N) is 1. The van der Waals surface area contributed by atoms with E-state index in [9.17, 15) is 8.42 Å². The van der Waals surface area contributed by atoms with E-state index >= 15 is 0 Å². The summed E-state index contributed by atoms with van der Waals surface area (Å²) in [4.78, 5) is 4.22. The molecule has 1 fully saturated rings. The predicted molar refractivity (Wildman–Crippen MR) is 70.5 cm³/mol. The van der Waals surface area contributed by atoms with Gasteiger partial charge in [0.2, 0.25) is 5.88 Å². The maximum Gasteiger partial charge on any atom is 0.239 e. The van der Waals surface area contributed by atoms with Crippen molar-refractivity contribution in [3.05, 3.63) is 12.1 Å². The number of aromatic nitrogens is 1. The summed E-state index contributed by atoms with van der Waals surface area (Å²) in [5, 5.41) is 3.10. The third-order valence-electron chi connectivity index (χ3n) is 2.76. The molecule has 1 saturated heterocycles.